The molecule has 1 aliphatic carbocycles. The van der Waals surface area contributed by atoms with Crippen LogP contribution in [0.5, 0.6) is 0 Å². The van der Waals surface area contributed by atoms with Crippen molar-refractivity contribution in [2.45, 2.75) is 46.0 Å². The van der Waals surface area contributed by atoms with E-state index in [0.717, 1.165) is 0 Å². The van der Waals surface area contributed by atoms with Crippen LogP contribution >= 0.6 is 0 Å². The van der Waals surface area contributed by atoms with Gasteiger partial charge < -0.3 is 0 Å². The van der Waals surface area contributed by atoms with Crippen LogP contribution < -0.4 is 0 Å². The van der Waals surface area contributed by atoms with E-state index < -0.39 is 0 Å². The zero-order valence-corrected chi connectivity index (χ0v) is 7.84. The summed E-state index contributed by atoms with van der Waals surface area (Å²) >= 11 is 0. The molecule has 0 aromatic carbocycles. The highest BCUT2D eigenvalue weighted by Crippen LogP contribution is 2.02. The lowest BCUT2D eigenvalue weighted by atomic mass is 10.1. The van der Waals surface area contributed by atoms with Crippen LogP contribution in [0.3, 0.4) is 0 Å². The summed E-state index contributed by atoms with van der Waals surface area (Å²) in [6, 6.07) is 0. The van der Waals surface area contributed by atoms with Gasteiger partial charge in [-0.05, 0) is 25.7 Å². The van der Waals surface area contributed by atoms with Crippen LogP contribution in [0.25, 0.3) is 0 Å². The van der Waals surface area contributed by atoms with E-state index in [-0.39, 0.29) is 0 Å². The van der Waals surface area contributed by atoms with Crippen molar-refractivity contribution in [3.63, 3.8) is 0 Å². The van der Waals surface area contributed by atoms with E-state index in [9.17, 15) is 0 Å². The Kier molecular flexibility index (Phi) is 9.03. The molecule has 0 unspecified atom stereocenters. The third-order valence-electron chi connectivity index (χ3n) is 1.33. The number of rotatable bonds is 0. The summed E-state index contributed by atoms with van der Waals surface area (Å²) in [5.74, 6) is 0. The van der Waals surface area contributed by atoms with Crippen molar-refractivity contribution in [1.82, 2.24) is 0 Å². The highest BCUT2D eigenvalue weighted by molar-refractivity contribution is 4.93. The van der Waals surface area contributed by atoms with Gasteiger partial charge in [0.1, 0.15) is 0 Å². The zero-order chi connectivity index (χ0) is 8.36. The molecular formula is C11H20. The normalized spacial score (nSPS) is 19.1. The molecule has 0 aromatic heterocycles. The number of hydrogen-bond acceptors (Lipinski definition) is 0. The van der Waals surface area contributed by atoms with Gasteiger partial charge in [-0.2, -0.15) is 0 Å². The molecule has 0 fully saturated rings. The minimum atomic E-state index is 1.23. The molecule has 0 N–H and O–H groups in total. The van der Waals surface area contributed by atoms with Gasteiger partial charge in [-0.1, -0.05) is 44.6 Å². The molecule has 0 heteroatoms. The van der Waals surface area contributed by atoms with Gasteiger partial charge in [-0.25, -0.2) is 0 Å². The molecule has 0 spiro atoms. The van der Waals surface area contributed by atoms with Crippen molar-refractivity contribution in [2.24, 2.45) is 0 Å². The maximum absolute atomic E-state index is 2.27. The van der Waals surface area contributed by atoms with Crippen molar-refractivity contribution in [2.75, 3.05) is 0 Å². The SMILES string of the molecule is C1=CCC/C=C\CC1.CCC. The smallest absolute Gasteiger partial charge is 0.0316 e. The monoisotopic (exact) mass is 152 g/mol. The lowest BCUT2D eigenvalue weighted by molar-refractivity contribution is 0.962. The Balaban J connectivity index is 0.000000292. The Hall–Kier alpha value is -0.520. The predicted octanol–water partition coefficient (Wildman–Crippen LogP) is 4.09. The van der Waals surface area contributed by atoms with Crippen molar-refractivity contribution < 1.29 is 0 Å². The first-order valence-corrected chi connectivity index (χ1v) is 4.71. The Labute approximate surface area is 71.0 Å². The molecule has 0 radical (unpaired) electrons. The number of hydrogen-bond donors (Lipinski definition) is 0. The molecule has 0 saturated carbocycles. The van der Waals surface area contributed by atoms with Gasteiger partial charge in [-0.3, -0.25) is 0 Å². The third-order valence-corrected chi connectivity index (χ3v) is 1.33. The summed E-state index contributed by atoms with van der Waals surface area (Å²) in [5.41, 5.74) is 0. The largest absolute Gasteiger partial charge is 0.0882 e. The fraction of sp³-hybridized carbons (Fsp3) is 0.636. The lowest BCUT2D eigenvalue weighted by Gasteiger charge is -1.92. The van der Waals surface area contributed by atoms with Crippen LogP contribution in [0.1, 0.15) is 46.0 Å². The molecule has 11 heavy (non-hydrogen) atoms. The van der Waals surface area contributed by atoms with Crippen molar-refractivity contribution >= 4 is 0 Å². The van der Waals surface area contributed by atoms with Gasteiger partial charge in [0, 0.05) is 0 Å². The Morgan fingerprint density at radius 2 is 0.909 bits per heavy atom. The molecule has 0 saturated heterocycles. The second-order valence-corrected chi connectivity index (χ2v) is 2.80. The molecule has 0 nitrogen and oxygen atoms in total. The fourth-order valence-corrected chi connectivity index (χ4v) is 0.856. The molecule has 0 aliphatic heterocycles. The second kappa shape index (κ2) is 9.48. The molecule has 0 aromatic rings. The summed E-state index contributed by atoms with van der Waals surface area (Å²) in [6.07, 6.45) is 15.2. The van der Waals surface area contributed by atoms with Gasteiger partial charge >= 0.3 is 0 Å². The molecule has 1 aliphatic rings. The van der Waals surface area contributed by atoms with Gasteiger partial charge in [0.15, 0.2) is 0 Å². The van der Waals surface area contributed by atoms with Crippen LogP contribution in [0.15, 0.2) is 24.3 Å². The maximum atomic E-state index is 2.27. The van der Waals surface area contributed by atoms with Crippen LogP contribution in [-0.4, -0.2) is 0 Å². The minimum absolute atomic E-state index is 1.23. The van der Waals surface area contributed by atoms with E-state index in [1.54, 1.807) is 0 Å². The fourth-order valence-electron chi connectivity index (χ4n) is 0.856. The summed E-state index contributed by atoms with van der Waals surface area (Å²) < 4.78 is 0. The van der Waals surface area contributed by atoms with Crippen LogP contribution in [0, 0.1) is 0 Å². The predicted molar refractivity (Wildman–Crippen MR) is 52.7 cm³/mol. The standard InChI is InChI=1S/C8H12.C3H8/c1-2-4-6-8-7-5-3-1;1-3-2/h1-2,7-8H,3-6H2;3H2,1-2H3/b2-1-,8-7?;. The van der Waals surface area contributed by atoms with Gasteiger partial charge in [-0.15, -0.1) is 0 Å². The molecule has 64 valence electrons. The van der Waals surface area contributed by atoms with E-state index in [4.69, 9.17) is 0 Å². The Bertz CT molecular complexity index is 83.2. The Morgan fingerprint density at radius 3 is 1.09 bits per heavy atom. The Morgan fingerprint density at radius 1 is 0.727 bits per heavy atom. The average Bonchev–Trinajstić information content (AvgIpc) is 1.86. The molecular weight excluding hydrogens is 132 g/mol. The van der Waals surface area contributed by atoms with Gasteiger partial charge in [0.2, 0.25) is 0 Å². The molecule has 0 heterocycles. The quantitative estimate of drug-likeness (QED) is 0.459. The first-order valence-electron chi connectivity index (χ1n) is 4.71. The number of allylic oxidation sites excluding steroid dienone is 4. The minimum Gasteiger partial charge on any atom is -0.0882 e. The average molecular weight is 152 g/mol. The molecule has 0 bridgehead atoms. The van der Waals surface area contributed by atoms with E-state index in [1.807, 2.05) is 0 Å². The lowest BCUT2D eigenvalue weighted by Crippen LogP contribution is -1.71. The molecule has 0 atom stereocenters. The van der Waals surface area contributed by atoms with Crippen LogP contribution in [0.2, 0.25) is 0 Å². The summed E-state index contributed by atoms with van der Waals surface area (Å²) in [4.78, 5) is 0. The van der Waals surface area contributed by atoms with Gasteiger partial charge in [0.25, 0.3) is 0 Å². The summed E-state index contributed by atoms with van der Waals surface area (Å²) in [5, 5.41) is 0. The summed E-state index contributed by atoms with van der Waals surface area (Å²) in [6.45, 7) is 4.25. The highest BCUT2D eigenvalue weighted by Gasteiger charge is 1.81. The van der Waals surface area contributed by atoms with Crippen molar-refractivity contribution in [3.8, 4) is 0 Å². The first kappa shape index (κ1) is 10.5. The molecule has 1 rings (SSSR count). The topological polar surface area (TPSA) is 0 Å². The second-order valence-electron chi connectivity index (χ2n) is 2.80. The van der Waals surface area contributed by atoms with E-state index in [1.165, 1.54) is 32.1 Å². The molecule has 0 amide bonds. The van der Waals surface area contributed by atoms with Crippen molar-refractivity contribution in [1.29, 1.82) is 0 Å². The maximum Gasteiger partial charge on any atom is -0.0316 e. The van der Waals surface area contributed by atoms with E-state index in [0.29, 0.717) is 0 Å². The van der Waals surface area contributed by atoms with Crippen LogP contribution in [0.4, 0.5) is 0 Å². The first-order chi connectivity index (χ1) is 5.41. The van der Waals surface area contributed by atoms with E-state index >= 15 is 0 Å². The summed E-state index contributed by atoms with van der Waals surface area (Å²) in [7, 11) is 0. The van der Waals surface area contributed by atoms with E-state index in [2.05, 4.69) is 38.2 Å². The highest BCUT2D eigenvalue weighted by atomic mass is 13.9. The van der Waals surface area contributed by atoms with Gasteiger partial charge in [0.05, 0.1) is 0 Å². The third kappa shape index (κ3) is 9.48. The zero-order valence-electron chi connectivity index (χ0n) is 7.84. The van der Waals surface area contributed by atoms with Crippen molar-refractivity contribution in [3.05, 3.63) is 24.3 Å². The van der Waals surface area contributed by atoms with Crippen LogP contribution in [-0.2, 0) is 0 Å².